The van der Waals surface area contributed by atoms with Crippen LogP contribution in [0.2, 0.25) is 0 Å². The fourth-order valence-corrected chi connectivity index (χ4v) is 4.21. The summed E-state index contributed by atoms with van der Waals surface area (Å²) in [4.78, 5) is 24.9. The second-order valence-corrected chi connectivity index (χ2v) is 8.17. The maximum Gasteiger partial charge on any atom is 0.226 e. The Morgan fingerprint density at radius 2 is 1.94 bits per heavy atom. The van der Waals surface area contributed by atoms with Crippen LogP contribution in [0, 0.1) is 17.7 Å². The number of aromatic nitrogens is 6. The molecule has 34 heavy (non-hydrogen) atoms. The number of nitrogens with two attached hydrogens (primary N) is 1. The Morgan fingerprint density at radius 3 is 2.68 bits per heavy atom. The number of piperazine rings is 1. The molecule has 11 heteroatoms. The van der Waals surface area contributed by atoms with E-state index in [1.807, 2.05) is 9.58 Å². The first-order valence-corrected chi connectivity index (χ1v) is 11.0. The van der Waals surface area contributed by atoms with Gasteiger partial charge in [-0.05, 0) is 38.0 Å². The number of carbonyl (C=O) groups is 1. The molecule has 174 valence electrons. The normalized spacial score (nSPS) is 14.5. The molecule has 3 aromatic heterocycles. The van der Waals surface area contributed by atoms with E-state index >= 15 is 0 Å². The number of carbonyl (C=O) groups excluding carboxylic acids is 1. The number of halogens is 1. The van der Waals surface area contributed by atoms with E-state index < -0.39 is 0 Å². The second-order valence-electron chi connectivity index (χ2n) is 8.17. The highest BCUT2D eigenvalue weighted by molar-refractivity contribution is 5.95. The van der Waals surface area contributed by atoms with Crippen molar-refractivity contribution in [1.82, 2.24) is 34.3 Å². The van der Waals surface area contributed by atoms with Gasteiger partial charge in [-0.25, -0.2) is 9.07 Å². The van der Waals surface area contributed by atoms with Crippen LogP contribution in [0.3, 0.4) is 0 Å². The van der Waals surface area contributed by atoms with Gasteiger partial charge in [-0.15, -0.1) is 5.10 Å². The van der Waals surface area contributed by atoms with Crippen LogP contribution in [0.5, 0.6) is 0 Å². The topological polar surface area (TPSA) is 110 Å². The fourth-order valence-electron chi connectivity index (χ4n) is 4.21. The van der Waals surface area contributed by atoms with Gasteiger partial charge in [0.2, 0.25) is 11.8 Å². The number of ketones is 1. The molecule has 1 fully saturated rings. The Balaban J connectivity index is 1.27. The highest BCUT2D eigenvalue weighted by Gasteiger charge is 2.21. The number of fused-ring (bicyclic) bond motifs is 3. The SMILES string of the molecule is CC#Cc1nc2c3cnn(CCN4CCN(c5cc(C(C)=O)ccc5F)CC4)c3nc(N)n2n1. The Hall–Kier alpha value is -4.04. The second kappa shape index (κ2) is 8.72. The lowest BCUT2D eigenvalue weighted by Gasteiger charge is -2.36. The number of nitrogen functional groups attached to an aromatic ring is 1. The highest BCUT2D eigenvalue weighted by Crippen LogP contribution is 2.23. The predicted molar refractivity (Wildman–Crippen MR) is 126 cm³/mol. The van der Waals surface area contributed by atoms with Crippen LogP contribution in [0.25, 0.3) is 16.7 Å². The van der Waals surface area contributed by atoms with Crippen LogP contribution in [0.15, 0.2) is 24.4 Å². The van der Waals surface area contributed by atoms with Gasteiger partial charge < -0.3 is 10.6 Å². The minimum atomic E-state index is -0.307. The third-order valence-electron chi connectivity index (χ3n) is 6.03. The summed E-state index contributed by atoms with van der Waals surface area (Å²) < 4.78 is 17.7. The van der Waals surface area contributed by atoms with Gasteiger partial charge in [0.15, 0.2) is 17.1 Å². The van der Waals surface area contributed by atoms with Gasteiger partial charge >= 0.3 is 0 Å². The van der Waals surface area contributed by atoms with Gasteiger partial charge in [-0.3, -0.25) is 9.69 Å². The largest absolute Gasteiger partial charge is 0.368 e. The molecule has 0 radical (unpaired) electrons. The summed E-state index contributed by atoms with van der Waals surface area (Å²) in [6.07, 6.45) is 1.72. The van der Waals surface area contributed by atoms with Gasteiger partial charge in [-0.2, -0.15) is 19.6 Å². The predicted octanol–water partition coefficient (Wildman–Crippen LogP) is 1.59. The summed E-state index contributed by atoms with van der Waals surface area (Å²) in [5, 5.41) is 9.53. The van der Waals surface area contributed by atoms with Crippen molar-refractivity contribution in [2.45, 2.75) is 20.4 Å². The molecular formula is C23H24FN9O. The molecule has 5 rings (SSSR count). The first-order valence-electron chi connectivity index (χ1n) is 11.0. The number of hydrogen-bond donors (Lipinski definition) is 1. The van der Waals surface area contributed by atoms with Crippen molar-refractivity contribution in [1.29, 1.82) is 0 Å². The molecule has 4 aromatic rings. The van der Waals surface area contributed by atoms with E-state index in [-0.39, 0.29) is 17.5 Å². The van der Waals surface area contributed by atoms with E-state index in [9.17, 15) is 9.18 Å². The highest BCUT2D eigenvalue weighted by atomic mass is 19.1. The molecule has 1 aromatic carbocycles. The molecule has 1 aliphatic rings. The van der Waals surface area contributed by atoms with Crippen LogP contribution in [0.1, 0.15) is 30.0 Å². The zero-order valence-electron chi connectivity index (χ0n) is 19.0. The average Bonchev–Trinajstić information content (AvgIpc) is 3.43. The standard InChI is InChI=1S/C23H24FN9O/c1-3-4-20-27-22-17-14-26-32(21(17)28-23(25)33(22)29-20)12-9-30-7-10-31(11-8-30)19-13-16(15(2)34)5-6-18(19)24/h5-6,13-14H,7-12H2,1-2H3,(H2,25,28). The number of rotatable bonds is 5. The first kappa shape index (κ1) is 21.8. The third-order valence-corrected chi connectivity index (χ3v) is 6.03. The van der Waals surface area contributed by atoms with E-state index in [1.165, 1.54) is 23.6 Å². The van der Waals surface area contributed by atoms with Gasteiger partial charge in [0, 0.05) is 38.3 Å². The van der Waals surface area contributed by atoms with Crippen LogP contribution < -0.4 is 10.6 Å². The molecule has 2 N–H and O–H groups in total. The van der Waals surface area contributed by atoms with Gasteiger partial charge in [0.1, 0.15) is 5.82 Å². The van der Waals surface area contributed by atoms with E-state index in [0.29, 0.717) is 48.0 Å². The lowest BCUT2D eigenvalue weighted by molar-refractivity contribution is 0.101. The smallest absolute Gasteiger partial charge is 0.226 e. The molecular weight excluding hydrogens is 437 g/mol. The average molecular weight is 462 g/mol. The molecule has 0 saturated carbocycles. The molecule has 0 unspecified atom stereocenters. The maximum absolute atomic E-state index is 14.4. The first-order chi connectivity index (χ1) is 16.4. The molecule has 4 heterocycles. The lowest BCUT2D eigenvalue weighted by atomic mass is 10.1. The van der Waals surface area contributed by atoms with E-state index in [2.05, 4.69) is 36.9 Å². The summed E-state index contributed by atoms with van der Waals surface area (Å²) >= 11 is 0. The van der Waals surface area contributed by atoms with Crippen LogP contribution in [0.4, 0.5) is 16.0 Å². The fraction of sp³-hybridized carbons (Fsp3) is 0.348. The Morgan fingerprint density at radius 1 is 1.15 bits per heavy atom. The van der Waals surface area contributed by atoms with Crippen LogP contribution >= 0.6 is 0 Å². The monoisotopic (exact) mass is 461 g/mol. The van der Waals surface area contributed by atoms with Crippen molar-refractivity contribution in [3.8, 4) is 11.8 Å². The van der Waals surface area contributed by atoms with Crippen molar-refractivity contribution < 1.29 is 9.18 Å². The molecule has 0 aliphatic carbocycles. The zero-order valence-corrected chi connectivity index (χ0v) is 19.0. The van der Waals surface area contributed by atoms with Crippen molar-refractivity contribution in [3.63, 3.8) is 0 Å². The van der Waals surface area contributed by atoms with Crippen LogP contribution in [-0.2, 0) is 6.54 Å². The Bertz CT molecular complexity index is 1450. The quantitative estimate of drug-likeness (QED) is 0.352. The number of anilines is 2. The minimum Gasteiger partial charge on any atom is -0.368 e. The molecule has 0 spiro atoms. The third kappa shape index (κ3) is 3.92. The van der Waals surface area contributed by atoms with Crippen molar-refractivity contribution in [3.05, 3.63) is 41.6 Å². The molecule has 0 bridgehead atoms. The van der Waals surface area contributed by atoms with Gasteiger partial charge in [-0.1, -0.05) is 5.92 Å². The Labute approximate surface area is 195 Å². The van der Waals surface area contributed by atoms with Gasteiger partial charge in [0.05, 0.1) is 23.8 Å². The molecule has 1 aliphatic heterocycles. The number of nitrogens with zero attached hydrogens (tertiary/aromatic N) is 8. The number of benzene rings is 1. The zero-order chi connectivity index (χ0) is 23.8. The number of hydrogen-bond acceptors (Lipinski definition) is 8. The lowest BCUT2D eigenvalue weighted by Crippen LogP contribution is -2.47. The van der Waals surface area contributed by atoms with E-state index in [4.69, 9.17) is 5.73 Å². The molecule has 0 atom stereocenters. The Kier molecular flexibility index (Phi) is 5.59. The summed E-state index contributed by atoms with van der Waals surface area (Å²) in [7, 11) is 0. The van der Waals surface area contributed by atoms with E-state index in [1.54, 1.807) is 19.2 Å². The summed E-state index contributed by atoms with van der Waals surface area (Å²) in [5.41, 5.74) is 8.33. The van der Waals surface area contributed by atoms with Crippen LogP contribution in [-0.4, -0.2) is 72.8 Å². The van der Waals surface area contributed by atoms with Crippen molar-refractivity contribution >= 4 is 34.1 Å². The van der Waals surface area contributed by atoms with Crippen molar-refractivity contribution in [2.75, 3.05) is 43.4 Å². The van der Waals surface area contributed by atoms with Crippen molar-refractivity contribution in [2.24, 2.45) is 0 Å². The number of Topliss-reactive ketones (excluding diaryl/α,β-unsaturated/α-hetero) is 1. The molecule has 1 saturated heterocycles. The van der Waals surface area contributed by atoms with Gasteiger partial charge in [0.25, 0.3) is 0 Å². The summed E-state index contributed by atoms with van der Waals surface area (Å²) in [6.45, 7) is 7.47. The summed E-state index contributed by atoms with van der Waals surface area (Å²) in [5.74, 6) is 5.86. The molecule has 0 amide bonds. The van der Waals surface area contributed by atoms with E-state index in [0.717, 1.165) is 25.0 Å². The minimum absolute atomic E-state index is 0.0708. The molecule has 10 nitrogen and oxygen atoms in total. The summed E-state index contributed by atoms with van der Waals surface area (Å²) in [6, 6.07) is 4.53. The maximum atomic E-state index is 14.4.